The molecule has 1 spiro atoms. The standard InChI is InChI=1S/C27H35N3O5/c1-3-11-30-23-10-9-19(28-12-5-4-8-24(28)32)15-22(23)27(26(30)34)18(2)14-21(35-27)16-25(33)29-13-6-7-20(29)17-31/h3,9-10,15,18,20-21,31H,1,4-8,11-14,16-17H2,2H3/t18-,20-,21-,27+/m0/s1. The number of carbonyl (C=O) groups excluding carboxylic acids is 3. The van der Waals surface area contributed by atoms with Crippen molar-refractivity contribution in [3.63, 3.8) is 0 Å². The molecule has 1 aromatic carbocycles. The second-order valence-electron chi connectivity index (χ2n) is 10.3. The van der Waals surface area contributed by atoms with Gasteiger partial charge in [0.05, 0.1) is 30.9 Å². The van der Waals surface area contributed by atoms with Gasteiger partial charge in [0.25, 0.3) is 5.91 Å². The van der Waals surface area contributed by atoms with Crippen molar-refractivity contribution in [2.24, 2.45) is 5.92 Å². The maximum absolute atomic E-state index is 13.9. The molecule has 0 unspecified atom stereocenters. The van der Waals surface area contributed by atoms with Gasteiger partial charge in [0.15, 0.2) is 5.60 Å². The van der Waals surface area contributed by atoms with Gasteiger partial charge >= 0.3 is 0 Å². The van der Waals surface area contributed by atoms with Gasteiger partial charge in [0, 0.05) is 43.2 Å². The first kappa shape index (κ1) is 24.0. The number of likely N-dealkylation sites (tertiary alicyclic amines) is 1. The zero-order valence-electron chi connectivity index (χ0n) is 20.4. The third-order valence-corrected chi connectivity index (χ3v) is 8.15. The highest BCUT2D eigenvalue weighted by Crippen LogP contribution is 2.54. The lowest BCUT2D eigenvalue weighted by atomic mass is 9.82. The van der Waals surface area contributed by atoms with Crippen LogP contribution >= 0.6 is 0 Å². The molecule has 8 nitrogen and oxygen atoms in total. The van der Waals surface area contributed by atoms with Gasteiger partial charge in [0.1, 0.15) is 0 Å². The number of rotatable bonds is 6. The molecule has 188 valence electrons. The maximum Gasteiger partial charge on any atom is 0.264 e. The van der Waals surface area contributed by atoms with Crippen molar-refractivity contribution in [1.82, 2.24) is 4.90 Å². The molecule has 0 aliphatic carbocycles. The molecule has 0 aromatic heterocycles. The second kappa shape index (κ2) is 9.39. The summed E-state index contributed by atoms with van der Waals surface area (Å²) in [6.45, 7) is 7.49. The Hall–Kier alpha value is -2.71. The fourth-order valence-electron chi connectivity index (χ4n) is 6.41. The van der Waals surface area contributed by atoms with Gasteiger partial charge in [0.2, 0.25) is 11.8 Å². The molecule has 3 saturated heterocycles. The Bertz CT molecular complexity index is 1040. The van der Waals surface area contributed by atoms with Gasteiger partial charge in [-0.15, -0.1) is 6.58 Å². The van der Waals surface area contributed by atoms with Crippen molar-refractivity contribution in [2.75, 3.05) is 36.0 Å². The largest absolute Gasteiger partial charge is 0.394 e. The van der Waals surface area contributed by atoms with Crippen molar-refractivity contribution >= 4 is 29.1 Å². The normalized spacial score (nSPS) is 30.5. The van der Waals surface area contributed by atoms with Crippen molar-refractivity contribution in [3.05, 3.63) is 36.4 Å². The van der Waals surface area contributed by atoms with E-state index in [1.807, 2.05) is 25.1 Å². The summed E-state index contributed by atoms with van der Waals surface area (Å²) in [5.74, 6) is -0.199. The molecule has 0 saturated carbocycles. The number of nitrogens with zero attached hydrogens (tertiary/aromatic N) is 3. The van der Waals surface area contributed by atoms with Crippen LogP contribution in [0.15, 0.2) is 30.9 Å². The van der Waals surface area contributed by atoms with Crippen LogP contribution in [0.3, 0.4) is 0 Å². The van der Waals surface area contributed by atoms with Gasteiger partial charge in [-0.2, -0.15) is 0 Å². The number of ether oxygens (including phenoxy) is 1. The van der Waals surface area contributed by atoms with Crippen LogP contribution in [0.1, 0.15) is 57.4 Å². The van der Waals surface area contributed by atoms with Gasteiger partial charge in [-0.05, 0) is 50.3 Å². The number of aliphatic hydroxyl groups is 1. The molecule has 4 aliphatic heterocycles. The number of amides is 3. The van der Waals surface area contributed by atoms with E-state index in [2.05, 4.69) is 6.58 Å². The van der Waals surface area contributed by atoms with Crippen LogP contribution in [0.2, 0.25) is 0 Å². The molecule has 3 fully saturated rings. The molecule has 5 rings (SSSR count). The first-order valence-corrected chi connectivity index (χ1v) is 12.9. The summed E-state index contributed by atoms with van der Waals surface area (Å²) in [5, 5.41) is 9.62. The molecule has 8 heteroatoms. The molecular weight excluding hydrogens is 446 g/mol. The number of carbonyl (C=O) groups is 3. The van der Waals surface area contributed by atoms with E-state index in [1.54, 1.807) is 20.8 Å². The summed E-state index contributed by atoms with van der Waals surface area (Å²) in [4.78, 5) is 44.8. The Balaban J connectivity index is 1.46. The molecule has 4 aliphatic rings. The molecule has 4 atom stereocenters. The average molecular weight is 482 g/mol. The van der Waals surface area contributed by atoms with E-state index in [4.69, 9.17) is 4.74 Å². The van der Waals surface area contributed by atoms with Crippen LogP contribution < -0.4 is 9.80 Å². The van der Waals surface area contributed by atoms with Gasteiger partial charge in [-0.3, -0.25) is 14.4 Å². The van der Waals surface area contributed by atoms with Crippen LogP contribution in [-0.2, 0) is 24.7 Å². The zero-order valence-corrected chi connectivity index (χ0v) is 20.4. The molecular formula is C27H35N3O5. The van der Waals surface area contributed by atoms with E-state index < -0.39 is 11.7 Å². The number of hydrogen-bond donors (Lipinski definition) is 1. The van der Waals surface area contributed by atoms with Crippen molar-refractivity contribution in [2.45, 2.75) is 69.6 Å². The maximum atomic E-state index is 13.9. The van der Waals surface area contributed by atoms with Crippen LogP contribution in [-0.4, -0.2) is 66.1 Å². The molecule has 0 radical (unpaired) electrons. The Kier molecular flexibility index (Phi) is 6.44. The predicted octanol–water partition coefficient (Wildman–Crippen LogP) is 2.73. The number of benzene rings is 1. The zero-order chi connectivity index (χ0) is 24.7. The van der Waals surface area contributed by atoms with E-state index in [9.17, 15) is 19.5 Å². The van der Waals surface area contributed by atoms with Crippen molar-refractivity contribution in [3.8, 4) is 0 Å². The second-order valence-corrected chi connectivity index (χ2v) is 10.3. The monoisotopic (exact) mass is 481 g/mol. The lowest BCUT2D eigenvalue weighted by Gasteiger charge is -2.30. The summed E-state index contributed by atoms with van der Waals surface area (Å²) in [7, 11) is 0. The molecule has 3 amide bonds. The predicted molar refractivity (Wildman–Crippen MR) is 132 cm³/mol. The third-order valence-electron chi connectivity index (χ3n) is 8.15. The minimum Gasteiger partial charge on any atom is -0.394 e. The SMILES string of the molecule is C=CCN1C(=O)[C@]2(O[C@H](CC(=O)N3CCC[C@H]3CO)C[C@@H]2C)c2cc(N3CCCCC3=O)ccc21. The number of hydrogen-bond acceptors (Lipinski definition) is 5. The van der Waals surface area contributed by atoms with E-state index in [-0.39, 0.29) is 42.7 Å². The van der Waals surface area contributed by atoms with E-state index in [1.165, 1.54) is 0 Å². The molecule has 1 aromatic rings. The fraction of sp³-hybridized carbons (Fsp3) is 0.593. The third kappa shape index (κ3) is 3.87. The smallest absolute Gasteiger partial charge is 0.264 e. The van der Waals surface area contributed by atoms with Crippen LogP contribution in [0.5, 0.6) is 0 Å². The Labute approximate surface area is 206 Å². The minimum absolute atomic E-state index is 0.0298. The van der Waals surface area contributed by atoms with Crippen LogP contribution in [0.4, 0.5) is 11.4 Å². The van der Waals surface area contributed by atoms with Crippen molar-refractivity contribution in [1.29, 1.82) is 0 Å². The number of fused-ring (bicyclic) bond motifs is 2. The first-order valence-electron chi connectivity index (χ1n) is 12.9. The summed E-state index contributed by atoms with van der Waals surface area (Å²) in [6.07, 6.45) is 6.19. The van der Waals surface area contributed by atoms with Gasteiger partial charge < -0.3 is 24.5 Å². The molecule has 4 heterocycles. The highest BCUT2D eigenvalue weighted by molar-refractivity contribution is 6.08. The van der Waals surface area contributed by atoms with E-state index in [0.717, 1.165) is 42.6 Å². The highest BCUT2D eigenvalue weighted by atomic mass is 16.5. The topological polar surface area (TPSA) is 90.4 Å². The minimum atomic E-state index is -1.18. The van der Waals surface area contributed by atoms with Gasteiger partial charge in [-0.25, -0.2) is 0 Å². The number of piperidine rings is 1. The Morgan fingerprint density at radius 2 is 2.09 bits per heavy atom. The highest BCUT2D eigenvalue weighted by Gasteiger charge is 2.60. The average Bonchev–Trinajstić information content (AvgIpc) is 3.52. The Morgan fingerprint density at radius 3 is 2.83 bits per heavy atom. The Morgan fingerprint density at radius 1 is 1.26 bits per heavy atom. The summed E-state index contributed by atoms with van der Waals surface area (Å²) < 4.78 is 6.57. The summed E-state index contributed by atoms with van der Waals surface area (Å²) in [5.41, 5.74) is 1.16. The number of aliphatic hydroxyl groups excluding tert-OH is 1. The van der Waals surface area contributed by atoms with E-state index >= 15 is 0 Å². The molecule has 1 N–H and O–H groups in total. The lowest BCUT2D eigenvalue weighted by Crippen LogP contribution is -2.44. The van der Waals surface area contributed by atoms with Crippen LogP contribution in [0.25, 0.3) is 0 Å². The first-order chi connectivity index (χ1) is 16.9. The number of anilines is 2. The summed E-state index contributed by atoms with van der Waals surface area (Å²) in [6, 6.07) is 5.64. The fourth-order valence-corrected chi connectivity index (χ4v) is 6.41. The van der Waals surface area contributed by atoms with Gasteiger partial charge in [-0.1, -0.05) is 13.0 Å². The summed E-state index contributed by atoms with van der Waals surface area (Å²) >= 11 is 0. The quantitative estimate of drug-likeness (QED) is 0.631. The van der Waals surface area contributed by atoms with Crippen molar-refractivity contribution < 1.29 is 24.2 Å². The van der Waals surface area contributed by atoms with E-state index in [0.29, 0.717) is 32.5 Å². The van der Waals surface area contributed by atoms with Crippen LogP contribution in [0, 0.1) is 5.92 Å². The molecule has 35 heavy (non-hydrogen) atoms. The molecule has 0 bridgehead atoms. The lowest BCUT2D eigenvalue weighted by molar-refractivity contribution is -0.149.